The molecule has 49 heavy (non-hydrogen) atoms. The van der Waals surface area contributed by atoms with E-state index in [0.717, 1.165) is 72.5 Å². The topological polar surface area (TPSA) is 53.5 Å². The van der Waals surface area contributed by atoms with Gasteiger partial charge in [0.1, 0.15) is 17.3 Å². The van der Waals surface area contributed by atoms with Crippen LogP contribution in [0.1, 0.15) is 0 Å². The zero-order valence-electron chi connectivity index (χ0n) is 27.0. The largest absolute Gasteiger partial charge is 0.327 e. The molecule has 0 spiro atoms. The third-order valence-electron chi connectivity index (χ3n) is 9.92. The summed E-state index contributed by atoms with van der Waals surface area (Å²) in [6.45, 7) is 0. The van der Waals surface area contributed by atoms with Gasteiger partial charge in [-0.05, 0) is 76.5 Å². The highest BCUT2D eigenvalue weighted by atomic mass is 15.1. The molecule has 0 N–H and O–H groups in total. The summed E-state index contributed by atoms with van der Waals surface area (Å²) in [6.07, 6.45) is 1.87. The van der Waals surface area contributed by atoms with Gasteiger partial charge in [-0.3, -0.25) is 4.57 Å². The normalized spacial score (nSPS) is 11.9. The molecule has 0 radical (unpaired) electrons. The van der Waals surface area contributed by atoms with Gasteiger partial charge in [0.15, 0.2) is 0 Å². The third kappa shape index (κ3) is 4.17. The van der Waals surface area contributed by atoms with Crippen LogP contribution in [0.15, 0.2) is 146 Å². The molecule has 6 heteroatoms. The molecule has 10 rings (SSSR count). The van der Waals surface area contributed by atoms with Gasteiger partial charge in [0.2, 0.25) is 0 Å². The quantitative estimate of drug-likeness (QED) is 0.194. The predicted molar refractivity (Wildman–Crippen MR) is 201 cm³/mol. The average molecular weight is 631 g/mol. The number of hydrogen-bond acceptors (Lipinski definition) is 3. The second-order valence-corrected chi connectivity index (χ2v) is 12.7. The molecule has 0 unspecified atom stereocenters. The van der Waals surface area contributed by atoms with Crippen LogP contribution in [0, 0.1) is 0 Å². The van der Waals surface area contributed by atoms with Gasteiger partial charge in [-0.2, -0.15) is 0 Å². The number of aromatic nitrogens is 6. The molecule has 6 aromatic carbocycles. The van der Waals surface area contributed by atoms with E-state index in [1.807, 2.05) is 18.3 Å². The minimum atomic E-state index is 0.918. The maximum atomic E-state index is 5.15. The first-order valence-corrected chi connectivity index (χ1v) is 16.5. The van der Waals surface area contributed by atoms with Crippen molar-refractivity contribution < 1.29 is 0 Å². The van der Waals surface area contributed by atoms with Crippen LogP contribution in [0.25, 0.3) is 94.4 Å². The highest BCUT2D eigenvalue weighted by molar-refractivity contribution is 6.09. The molecule has 0 aliphatic carbocycles. The second kappa shape index (κ2) is 10.5. The molecular weight excluding hydrogens is 601 g/mol. The van der Waals surface area contributed by atoms with Crippen molar-refractivity contribution in [3.63, 3.8) is 0 Å². The summed E-state index contributed by atoms with van der Waals surface area (Å²) >= 11 is 0. The van der Waals surface area contributed by atoms with Crippen molar-refractivity contribution >= 4 is 54.8 Å². The molecule has 4 heterocycles. The molecule has 232 valence electrons. The second-order valence-electron chi connectivity index (χ2n) is 12.7. The molecule has 0 fully saturated rings. The van der Waals surface area contributed by atoms with Crippen LogP contribution in [0.5, 0.6) is 0 Å². The molecule has 0 amide bonds. The van der Waals surface area contributed by atoms with Gasteiger partial charge in [0.05, 0.1) is 27.6 Å². The molecule has 10 aromatic rings. The monoisotopic (exact) mass is 630 g/mol. The van der Waals surface area contributed by atoms with Crippen LogP contribution >= 0.6 is 0 Å². The van der Waals surface area contributed by atoms with Gasteiger partial charge in [0.25, 0.3) is 0 Å². The van der Waals surface area contributed by atoms with Crippen LogP contribution in [0.4, 0.5) is 0 Å². The van der Waals surface area contributed by atoms with Crippen molar-refractivity contribution in [1.82, 2.24) is 28.7 Å². The van der Waals surface area contributed by atoms with E-state index in [4.69, 9.17) is 15.0 Å². The van der Waals surface area contributed by atoms with E-state index >= 15 is 0 Å². The number of para-hydroxylation sites is 2. The Morgan fingerprint density at radius 1 is 0.469 bits per heavy atom. The molecular formula is C43H30N6. The number of pyridine rings is 1. The summed E-state index contributed by atoms with van der Waals surface area (Å²) in [7, 11) is 4.19. The van der Waals surface area contributed by atoms with E-state index in [-0.39, 0.29) is 0 Å². The molecule has 0 aliphatic rings. The number of rotatable bonds is 4. The van der Waals surface area contributed by atoms with Crippen molar-refractivity contribution in [2.45, 2.75) is 0 Å². The van der Waals surface area contributed by atoms with E-state index in [9.17, 15) is 0 Å². The van der Waals surface area contributed by atoms with Crippen LogP contribution in [0.2, 0.25) is 0 Å². The highest BCUT2D eigenvalue weighted by Crippen LogP contribution is 2.37. The molecule has 0 saturated heterocycles. The Hall–Kier alpha value is -6.53. The van der Waals surface area contributed by atoms with E-state index < -0.39 is 0 Å². The lowest BCUT2D eigenvalue weighted by molar-refractivity contribution is 0.958. The number of fused-ring (bicyclic) bond motifs is 6. The fourth-order valence-corrected chi connectivity index (χ4v) is 7.52. The highest BCUT2D eigenvalue weighted by Gasteiger charge is 2.18. The van der Waals surface area contributed by atoms with Crippen LogP contribution in [-0.4, -0.2) is 28.7 Å². The number of imidazole rings is 2. The van der Waals surface area contributed by atoms with Crippen LogP contribution in [0.3, 0.4) is 0 Å². The van der Waals surface area contributed by atoms with E-state index in [2.05, 4.69) is 155 Å². The van der Waals surface area contributed by atoms with Crippen molar-refractivity contribution in [2.24, 2.45) is 14.1 Å². The average Bonchev–Trinajstić information content (AvgIpc) is 3.79. The fourth-order valence-electron chi connectivity index (χ4n) is 7.52. The van der Waals surface area contributed by atoms with Gasteiger partial charge in [-0.15, -0.1) is 0 Å². The van der Waals surface area contributed by atoms with E-state index in [1.54, 1.807) is 0 Å². The Kier molecular flexibility index (Phi) is 5.90. The standard InChI is InChI=1S/C43H30N6/c1-47-38-18-6-5-17-36(38)45-41(47)29-12-7-13-31(24-29)49-39-26-30(19-21-34(39)35-16-9-23-44-43(35)49)42-46-37-22-20-28(25-40(37)48(42)2)33-15-8-11-27-10-3-4-14-32(27)33/h3-26H,1-2H3. The van der Waals surface area contributed by atoms with Crippen molar-refractivity contribution in [2.75, 3.05) is 0 Å². The van der Waals surface area contributed by atoms with Gasteiger partial charge < -0.3 is 9.13 Å². The smallest absolute Gasteiger partial charge is 0.145 e. The molecule has 4 aromatic heterocycles. The Balaban J connectivity index is 1.13. The lowest BCUT2D eigenvalue weighted by atomic mass is 9.98. The zero-order valence-corrected chi connectivity index (χ0v) is 27.0. The minimum absolute atomic E-state index is 0.918. The summed E-state index contributed by atoms with van der Waals surface area (Å²) in [6, 6.07) is 49.3. The Morgan fingerprint density at radius 3 is 2.06 bits per heavy atom. The Morgan fingerprint density at radius 2 is 1.16 bits per heavy atom. The maximum absolute atomic E-state index is 5.15. The number of nitrogens with zero attached hydrogens (tertiary/aromatic N) is 6. The maximum Gasteiger partial charge on any atom is 0.145 e. The summed E-state index contributed by atoms with van der Waals surface area (Å²) in [4.78, 5) is 15.0. The number of hydrogen-bond donors (Lipinski definition) is 0. The Bertz CT molecular complexity index is 2920. The predicted octanol–water partition coefficient (Wildman–Crippen LogP) is 10.1. The van der Waals surface area contributed by atoms with Crippen molar-refractivity contribution in [1.29, 1.82) is 0 Å². The SMILES string of the molecule is Cn1c(-c2cccc(-n3c4cc(-c5nc6ccc(-c7cccc8ccccc78)cc6n5C)ccc4c4cccnc43)c2)nc2ccccc21. The van der Waals surface area contributed by atoms with E-state index in [0.29, 0.717) is 0 Å². The summed E-state index contributed by atoms with van der Waals surface area (Å²) in [5.41, 5.74) is 11.7. The van der Waals surface area contributed by atoms with E-state index in [1.165, 1.54) is 21.9 Å². The molecule has 6 nitrogen and oxygen atoms in total. The van der Waals surface area contributed by atoms with Crippen LogP contribution < -0.4 is 0 Å². The molecule has 0 aliphatic heterocycles. The first-order chi connectivity index (χ1) is 24.1. The zero-order chi connectivity index (χ0) is 32.6. The summed E-state index contributed by atoms with van der Waals surface area (Å²) < 4.78 is 6.64. The first kappa shape index (κ1) is 27.6. The summed E-state index contributed by atoms with van der Waals surface area (Å²) in [5, 5.41) is 4.75. The molecule has 0 atom stereocenters. The lowest BCUT2D eigenvalue weighted by Gasteiger charge is -2.11. The van der Waals surface area contributed by atoms with Crippen molar-refractivity contribution in [3.05, 3.63) is 146 Å². The molecule has 0 saturated carbocycles. The Labute approximate surface area is 282 Å². The number of aryl methyl sites for hydroxylation is 2. The van der Waals surface area contributed by atoms with Gasteiger partial charge >= 0.3 is 0 Å². The van der Waals surface area contributed by atoms with Gasteiger partial charge in [-0.25, -0.2) is 15.0 Å². The minimum Gasteiger partial charge on any atom is -0.327 e. The van der Waals surface area contributed by atoms with Gasteiger partial charge in [0, 0.05) is 47.9 Å². The van der Waals surface area contributed by atoms with Crippen LogP contribution in [-0.2, 0) is 14.1 Å². The first-order valence-electron chi connectivity index (χ1n) is 16.5. The third-order valence-corrected chi connectivity index (χ3v) is 9.92. The van der Waals surface area contributed by atoms with Crippen molar-refractivity contribution in [3.8, 4) is 39.6 Å². The fraction of sp³-hybridized carbons (Fsp3) is 0.0465. The lowest BCUT2D eigenvalue weighted by Crippen LogP contribution is -1.98. The summed E-state index contributed by atoms with van der Waals surface area (Å²) in [5.74, 6) is 1.85. The van der Waals surface area contributed by atoms with Gasteiger partial charge in [-0.1, -0.05) is 84.9 Å². The number of benzene rings is 6. The molecule has 0 bridgehead atoms.